The summed E-state index contributed by atoms with van der Waals surface area (Å²) in [6.07, 6.45) is -0.536. The third kappa shape index (κ3) is 3.45. The summed E-state index contributed by atoms with van der Waals surface area (Å²) >= 11 is 1.60. The predicted octanol–water partition coefficient (Wildman–Crippen LogP) is 3.63. The van der Waals surface area contributed by atoms with E-state index in [1.54, 1.807) is 11.3 Å². The van der Waals surface area contributed by atoms with E-state index in [-0.39, 0.29) is 13.0 Å². The maximum atomic E-state index is 12.2. The number of hydrogen-bond acceptors (Lipinski definition) is 6. The van der Waals surface area contributed by atoms with Gasteiger partial charge in [-0.25, -0.2) is 4.79 Å². The highest BCUT2D eigenvalue weighted by Crippen LogP contribution is 2.41. The lowest BCUT2D eigenvalue weighted by Crippen LogP contribution is -2.35. The van der Waals surface area contributed by atoms with E-state index in [0.29, 0.717) is 18.1 Å². The number of thiophene rings is 1. The molecule has 1 aliphatic rings. The molecule has 8 nitrogen and oxygen atoms in total. The van der Waals surface area contributed by atoms with Crippen molar-refractivity contribution in [3.05, 3.63) is 63.5 Å². The van der Waals surface area contributed by atoms with Crippen LogP contribution in [0.15, 0.2) is 30.3 Å². The summed E-state index contributed by atoms with van der Waals surface area (Å²) < 4.78 is 6.70. The minimum atomic E-state index is -1.11. The highest BCUT2D eigenvalue weighted by atomic mass is 32.1. The highest BCUT2D eigenvalue weighted by Gasteiger charge is 2.38. The number of ether oxygens (including phenoxy) is 1. The molecule has 0 saturated carbocycles. The van der Waals surface area contributed by atoms with Crippen LogP contribution in [0.4, 0.5) is 4.79 Å². The molecule has 2 aromatic heterocycles. The average Bonchev–Trinajstić information content (AvgIpc) is 3.20. The first-order valence-electron chi connectivity index (χ1n) is 9.54. The van der Waals surface area contributed by atoms with Crippen LogP contribution in [-0.4, -0.2) is 43.9 Å². The molecular formula is C21H22N4O4S. The lowest BCUT2D eigenvalue weighted by Gasteiger charge is -2.26. The van der Waals surface area contributed by atoms with Gasteiger partial charge >= 0.3 is 12.1 Å². The zero-order valence-electron chi connectivity index (χ0n) is 17.0. The number of rotatable bonds is 4. The molecule has 0 fully saturated rings. The minimum Gasteiger partial charge on any atom is -0.469 e. The van der Waals surface area contributed by atoms with Gasteiger partial charge in [0, 0.05) is 10.4 Å². The first-order chi connectivity index (χ1) is 14.4. The van der Waals surface area contributed by atoms with Crippen molar-refractivity contribution >= 4 is 23.4 Å². The summed E-state index contributed by atoms with van der Waals surface area (Å²) in [5.41, 5.74) is 3.18. The summed E-state index contributed by atoms with van der Waals surface area (Å²) in [4.78, 5) is 26.7. The summed E-state index contributed by atoms with van der Waals surface area (Å²) in [6.45, 7) is 4.05. The number of amides is 1. The van der Waals surface area contributed by atoms with Gasteiger partial charge < -0.3 is 9.84 Å². The largest absolute Gasteiger partial charge is 0.469 e. The van der Waals surface area contributed by atoms with E-state index in [0.717, 1.165) is 26.6 Å². The van der Waals surface area contributed by atoms with Crippen molar-refractivity contribution in [2.24, 2.45) is 0 Å². The van der Waals surface area contributed by atoms with Crippen molar-refractivity contribution in [1.29, 1.82) is 0 Å². The summed E-state index contributed by atoms with van der Waals surface area (Å²) in [7, 11) is 1.29. The van der Waals surface area contributed by atoms with Crippen LogP contribution in [0.5, 0.6) is 0 Å². The van der Waals surface area contributed by atoms with Gasteiger partial charge in [-0.2, -0.15) is 0 Å². The molecule has 3 aromatic rings. The Morgan fingerprint density at radius 1 is 1.23 bits per heavy atom. The molecule has 9 heteroatoms. The van der Waals surface area contributed by atoms with Gasteiger partial charge in [0.15, 0.2) is 5.82 Å². The lowest BCUT2D eigenvalue weighted by atomic mass is 10.0. The number of benzene rings is 1. The molecule has 0 bridgehead atoms. The molecular weight excluding hydrogens is 404 g/mol. The molecule has 4 rings (SSSR count). The molecule has 0 saturated heterocycles. The van der Waals surface area contributed by atoms with E-state index >= 15 is 0 Å². The second-order valence-corrected chi connectivity index (χ2v) is 8.43. The molecule has 1 aliphatic heterocycles. The van der Waals surface area contributed by atoms with E-state index < -0.39 is 18.1 Å². The number of aromatic nitrogens is 3. The fourth-order valence-corrected chi connectivity index (χ4v) is 5.13. The van der Waals surface area contributed by atoms with Gasteiger partial charge in [-0.15, -0.1) is 21.5 Å². The fraction of sp³-hybridized carbons (Fsp3) is 0.333. The van der Waals surface area contributed by atoms with Crippen LogP contribution in [0.25, 0.3) is 5.00 Å². The Balaban J connectivity index is 1.88. The Morgan fingerprint density at radius 2 is 1.97 bits per heavy atom. The molecule has 0 spiro atoms. The van der Waals surface area contributed by atoms with Crippen LogP contribution in [0.1, 0.15) is 45.7 Å². The zero-order valence-corrected chi connectivity index (χ0v) is 17.8. The van der Waals surface area contributed by atoms with Crippen LogP contribution >= 0.6 is 11.3 Å². The van der Waals surface area contributed by atoms with E-state index in [1.807, 2.05) is 36.6 Å². The summed E-state index contributed by atoms with van der Waals surface area (Å²) in [6, 6.07) is 9.30. The second kappa shape index (κ2) is 7.91. The predicted molar refractivity (Wildman–Crippen MR) is 111 cm³/mol. The molecule has 0 radical (unpaired) electrons. The van der Waals surface area contributed by atoms with Crippen molar-refractivity contribution in [3.63, 3.8) is 0 Å². The van der Waals surface area contributed by atoms with Crippen LogP contribution < -0.4 is 0 Å². The second-order valence-electron chi connectivity index (χ2n) is 7.23. The van der Waals surface area contributed by atoms with E-state index in [2.05, 4.69) is 22.3 Å². The zero-order chi connectivity index (χ0) is 21.4. The third-order valence-electron chi connectivity index (χ3n) is 5.41. The smallest absolute Gasteiger partial charge is 0.408 e. The molecule has 0 aliphatic carbocycles. The van der Waals surface area contributed by atoms with Gasteiger partial charge in [-0.05, 0) is 31.4 Å². The average molecular weight is 426 g/mol. The maximum absolute atomic E-state index is 12.2. The number of hydrogen-bond donors (Lipinski definition) is 1. The Morgan fingerprint density at radius 3 is 2.63 bits per heavy atom. The first kappa shape index (κ1) is 20.1. The van der Waals surface area contributed by atoms with Crippen molar-refractivity contribution in [1.82, 2.24) is 19.7 Å². The lowest BCUT2D eigenvalue weighted by molar-refractivity contribution is -0.142. The molecule has 3 heterocycles. The molecule has 156 valence electrons. The Bertz CT molecular complexity index is 1110. The molecule has 1 amide bonds. The first-order valence-corrected chi connectivity index (χ1v) is 10.4. The van der Waals surface area contributed by atoms with Crippen molar-refractivity contribution in [2.45, 2.75) is 39.3 Å². The number of esters is 1. The summed E-state index contributed by atoms with van der Waals surface area (Å²) in [5.74, 6) is 0.594. The fourth-order valence-electron chi connectivity index (χ4n) is 3.89. The van der Waals surface area contributed by atoms with Crippen LogP contribution in [0.3, 0.4) is 0 Å². The van der Waals surface area contributed by atoms with Gasteiger partial charge in [0.05, 0.1) is 20.1 Å². The highest BCUT2D eigenvalue weighted by molar-refractivity contribution is 7.14. The number of methoxy groups -OCH3 is 1. The number of nitrogens with zero attached hydrogens (tertiary/aromatic N) is 4. The molecule has 30 heavy (non-hydrogen) atoms. The summed E-state index contributed by atoms with van der Waals surface area (Å²) in [5, 5.41) is 19.3. The van der Waals surface area contributed by atoms with Gasteiger partial charge in [0.1, 0.15) is 16.9 Å². The van der Waals surface area contributed by atoms with Gasteiger partial charge in [-0.3, -0.25) is 14.3 Å². The molecule has 1 N–H and O–H groups in total. The van der Waals surface area contributed by atoms with Crippen LogP contribution in [0, 0.1) is 13.8 Å². The van der Waals surface area contributed by atoms with Crippen LogP contribution in [-0.2, 0) is 22.5 Å². The van der Waals surface area contributed by atoms with E-state index in [4.69, 9.17) is 4.74 Å². The monoisotopic (exact) mass is 426 g/mol. The Hall–Kier alpha value is -3.20. The molecule has 1 aromatic carbocycles. The quantitative estimate of drug-likeness (QED) is 0.640. The Kier molecular flexibility index (Phi) is 5.29. The minimum absolute atomic E-state index is 0.122. The number of carbonyl (C=O) groups excluding carboxylic acids is 1. The van der Waals surface area contributed by atoms with Crippen molar-refractivity contribution < 1.29 is 19.4 Å². The van der Waals surface area contributed by atoms with Gasteiger partial charge in [-0.1, -0.05) is 30.3 Å². The standard InChI is InChI=1S/C21H22N4O4S/c1-12-15(9-14-7-5-4-6-8-14)16-11-24(21(27)28)17(10-18(26)29-3)19-23-22-13(2)25(19)20(16)30-12/h4-8,17H,9-11H2,1-3H3,(H,27,28)/t17-/m0/s1. The topological polar surface area (TPSA) is 97.5 Å². The van der Waals surface area contributed by atoms with Crippen molar-refractivity contribution in [3.8, 4) is 5.00 Å². The van der Waals surface area contributed by atoms with E-state index in [9.17, 15) is 14.7 Å². The molecule has 1 atom stereocenters. The molecule has 0 unspecified atom stereocenters. The normalized spacial score (nSPS) is 15.3. The number of aryl methyl sites for hydroxylation is 2. The number of fused-ring (bicyclic) bond motifs is 3. The number of carbonyl (C=O) groups is 2. The third-order valence-corrected chi connectivity index (χ3v) is 6.58. The van der Waals surface area contributed by atoms with Gasteiger partial charge in [0.25, 0.3) is 0 Å². The van der Waals surface area contributed by atoms with E-state index in [1.165, 1.54) is 12.0 Å². The van der Waals surface area contributed by atoms with Gasteiger partial charge in [0.2, 0.25) is 0 Å². The van der Waals surface area contributed by atoms with Crippen LogP contribution in [0.2, 0.25) is 0 Å². The Labute approximate surface area is 177 Å². The SMILES string of the molecule is COC(=O)C[C@H]1c2nnc(C)n2-c2sc(C)c(Cc3ccccc3)c2CN1C(=O)O. The van der Waals surface area contributed by atoms with Crippen molar-refractivity contribution in [2.75, 3.05) is 7.11 Å². The maximum Gasteiger partial charge on any atom is 0.408 e. The number of carboxylic acid groups (broad SMARTS) is 1.